The minimum absolute atomic E-state index is 0.166. The van der Waals surface area contributed by atoms with E-state index in [0.29, 0.717) is 24.5 Å². The molecule has 0 bridgehead atoms. The van der Waals surface area contributed by atoms with Crippen LogP contribution in [0.15, 0.2) is 18.2 Å². The number of carbonyl (C=O) groups is 2. The van der Waals surface area contributed by atoms with Crippen LogP contribution in [0, 0.1) is 11.6 Å². The van der Waals surface area contributed by atoms with E-state index in [1.54, 1.807) is 11.8 Å². The molecule has 0 saturated carbocycles. The van der Waals surface area contributed by atoms with Gasteiger partial charge in [-0.15, -0.1) is 0 Å². The van der Waals surface area contributed by atoms with Crippen molar-refractivity contribution >= 4 is 12.0 Å². The Balaban J connectivity index is 1.76. The van der Waals surface area contributed by atoms with Gasteiger partial charge in [0.1, 0.15) is 23.5 Å². The number of amides is 2. The number of carbonyl (C=O) groups excluding carboxylic acids is 2. The highest BCUT2D eigenvalue weighted by Gasteiger charge is 2.28. The van der Waals surface area contributed by atoms with E-state index in [1.807, 2.05) is 0 Å². The van der Waals surface area contributed by atoms with Crippen LogP contribution in [0.1, 0.15) is 18.3 Å². The summed E-state index contributed by atoms with van der Waals surface area (Å²) >= 11 is 0. The van der Waals surface area contributed by atoms with E-state index in [9.17, 15) is 18.4 Å². The molecule has 0 spiro atoms. The molecule has 7 nitrogen and oxygen atoms in total. The third-order valence-electron chi connectivity index (χ3n) is 4.22. The molecule has 2 heterocycles. The predicted molar refractivity (Wildman–Crippen MR) is 88.1 cm³/mol. The molecule has 1 aliphatic rings. The molecule has 0 unspecified atom stereocenters. The van der Waals surface area contributed by atoms with E-state index >= 15 is 0 Å². The number of fused-ring (bicyclic) bond motifs is 1. The minimum Gasteiger partial charge on any atom is -0.453 e. The third kappa shape index (κ3) is 3.51. The topological polar surface area (TPSA) is 87.3 Å². The lowest BCUT2D eigenvalue weighted by atomic mass is 10.1. The number of halogens is 2. The Labute approximate surface area is 148 Å². The first-order valence-electron chi connectivity index (χ1n) is 8.05. The molecule has 3 rings (SSSR count). The number of alkyl carbamates (subject to hydrolysis) is 1. The number of imidazole rings is 1. The highest BCUT2D eigenvalue weighted by Crippen LogP contribution is 2.25. The molecule has 0 saturated heterocycles. The molecule has 1 atom stereocenters. The first-order valence-corrected chi connectivity index (χ1v) is 8.05. The van der Waals surface area contributed by atoms with Crippen molar-refractivity contribution < 1.29 is 23.1 Å². The third-order valence-corrected chi connectivity index (χ3v) is 4.22. The number of methoxy groups -OCH3 is 1. The van der Waals surface area contributed by atoms with Crippen molar-refractivity contribution in [1.82, 2.24) is 20.2 Å². The number of hydrogen-bond donors (Lipinski definition) is 2. The number of nitrogens with one attached hydrogen (secondary N) is 2. The Morgan fingerprint density at radius 3 is 2.85 bits per heavy atom. The fraction of sp³-hybridized carbons (Fsp3) is 0.353. The maximum atomic E-state index is 13.9. The summed E-state index contributed by atoms with van der Waals surface area (Å²) in [6.45, 7) is 2.26. The Morgan fingerprint density at radius 2 is 2.15 bits per heavy atom. The number of rotatable bonds is 3. The quantitative estimate of drug-likeness (QED) is 0.872. The highest BCUT2D eigenvalue weighted by molar-refractivity contribution is 5.85. The van der Waals surface area contributed by atoms with Crippen molar-refractivity contribution in [2.75, 3.05) is 13.7 Å². The van der Waals surface area contributed by atoms with Crippen molar-refractivity contribution in [3.63, 3.8) is 0 Å². The molecule has 26 heavy (non-hydrogen) atoms. The summed E-state index contributed by atoms with van der Waals surface area (Å²) in [5, 5.41) is 2.43. The average molecular weight is 364 g/mol. The molecule has 0 radical (unpaired) electrons. The van der Waals surface area contributed by atoms with Crippen LogP contribution in [0.2, 0.25) is 0 Å². The number of aromatic nitrogens is 2. The lowest BCUT2D eigenvalue weighted by Gasteiger charge is -2.28. The Bertz CT molecular complexity index is 853. The summed E-state index contributed by atoms with van der Waals surface area (Å²) in [5.74, 6) is -1.33. The van der Waals surface area contributed by atoms with Gasteiger partial charge in [0.25, 0.3) is 0 Å². The molecule has 0 fully saturated rings. The number of H-pyrrole nitrogens is 1. The van der Waals surface area contributed by atoms with Gasteiger partial charge >= 0.3 is 6.09 Å². The molecule has 2 N–H and O–H groups in total. The van der Waals surface area contributed by atoms with Gasteiger partial charge in [-0.05, 0) is 19.1 Å². The van der Waals surface area contributed by atoms with Crippen molar-refractivity contribution in [2.24, 2.45) is 0 Å². The van der Waals surface area contributed by atoms with Crippen molar-refractivity contribution in [2.45, 2.75) is 25.9 Å². The van der Waals surface area contributed by atoms with E-state index in [4.69, 9.17) is 0 Å². The SMILES string of the molecule is COC(=O)N[C@@H](C)C(=O)N1CCc2nc(-c3ccc(F)cc3F)[nH]c2C1. The zero-order valence-corrected chi connectivity index (χ0v) is 14.3. The van der Waals surface area contributed by atoms with Crippen LogP contribution in [0.4, 0.5) is 13.6 Å². The summed E-state index contributed by atoms with van der Waals surface area (Å²) < 4.78 is 31.5. The Kier molecular flexibility index (Phi) is 4.88. The summed E-state index contributed by atoms with van der Waals surface area (Å²) in [6, 6.07) is 2.55. The molecule has 1 aromatic heterocycles. The van der Waals surface area contributed by atoms with Crippen molar-refractivity contribution in [3.8, 4) is 11.4 Å². The molecular weight excluding hydrogens is 346 g/mol. The van der Waals surface area contributed by atoms with Crippen LogP contribution >= 0.6 is 0 Å². The lowest BCUT2D eigenvalue weighted by molar-refractivity contribution is -0.133. The second-order valence-corrected chi connectivity index (χ2v) is 6.00. The average Bonchev–Trinajstić information content (AvgIpc) is 3.03. The van der Waals surface area contributed by atoms with Gasteiger partial charge in [-0.25, -0.2) is 18.6 Å². The summed E-state index contributed by atoms with van der Waals surface area (Å²) in [6.07, 6.45) is -0.190. The number of hydrogen-bond acceptors (Lipinski definition) is 4. The number of benzene rings is 1. The van der Waals surface area contributed by atoms with Crippen molar-refractivity contribution in [3.05, 3.63) is 41.2 Å². The summed E-state index contributed by atoms with van der Waals surface area (Å²) in [7, 11) is 1.22. The molecule has 0 aliphatic carbocycles. The molecule has 2 amide bonds. The van der Waals surface area contributed by atoms with E-state index < -0.39 is 23.8 Å². The maximum Gasteiger partial charge on any atom is 0.407 e. The van der Waals surface area contributed by atoms with Gasteiger partial charge in [-0.3, -0.25) is 4.79 Å². The standard InChI is InChI=1S/C17H18F2N4O3/c1-9(20-17(25)26-2)16(24)23-6-5-13-14(8-23)22-15(21-13)11-4-3-10(18)7-12(11)19/h3-4,7,9H,5-6,8H2,1-2H3,(H,20,25)(H,21,22)/t9-/m0/s1. The zero-order valence-electron chi connectivity index (χ0n) is 14.3. The summed E-state index contributed by atoms with van der Waals surface area (Å²) in [5.41, 5.74) is 1.59. The van der Waals surface area contributed by atoms with Gasteiger partial charge in [0.05, 0.1) is 30.6 Å². The number of ether oxygens (including phenoxy) is 1. The van der Waals surface area contributed by atoms with Gasteiger partial charge in [0.2, 0.25) is 5.91 Å². The first-order chi connectivity index (χ1) is 12.4. The second-order valence-electron chi connectivity index (χ2n) is 6.00. The van der Waals surface area contributed by atoms with Gasteiger partial charge < -0.3 is 19.9 Å². The monoisotopic (exact) mass is 364 g/mol. The predicted octanol–water partition coefficient (Wildman–Crippen LogP) is 1.98. The highest BCUT2D eigenvalue weighted by atomic mass is 19.1. The molecular formula is C17H18F2N4O3. The fourth-order valence-electron chi connectivity index (χ4n) is 2.86. The molecule has 1 aromatic carbocycles. The van der Waals surface area contributed by atoms with E-state index in [0.717, 1.165) is 17.8 Å². The largest absolute Gasteiger partial charge is 0.453 e. The molecule has 2 aromatic rings. The lowest BCUT2D eigenvalue weighted by Crippen LogP contribution is -2.48. The maximum absolute atomic E-state index is 13.9. The zero-order chi connectivity index (χ0) is 18.8. The normalized spacial score (nSPS) is 14.5. The van der Waals surface area contributed by atoms with E-state index in [-0.39, 0.29) is 18.0 Å². The van der Waals surface area contributed by atoms with Gasteiger partial charge in [0.15, 0.2) is 0 Å². The molecule has 9 heteroatoms. The van der Waals surface area contributed by atoms with Gasteiger partial charge in [-0.2, -0.15) is 0 Å². The Morgan fingerprint density at radius 1 is 1.38 bits per heavy atom. The number of aromatic amines is 1. The van der Waals surface area contributed by atoms with Crippen LogP contribution in [0.5, 0.6) is 0 Å². The van der Waals surface area contributed by atoms with E-state index in [1.165, 1.54) is 13.2 Å². The smallest absolute Gasteiger partial charge is 0.407 e. The van der Waals surface area contributed by atoms with Crippen LogP contribution < -0.4 is 5.32 Å². The fourth-order valence-corrected chi connectivity index (χ4v) is 2.86. The van der Waals surface area contributed by atoms with Gasteiger partial charge in [-0.1, -0.05) is 0 Å². The summed E-state index contributed by atoms with van der Waals surface area (Å²) in [4.78, 5) is 32.6. The van der Waals surface area contributed by atoms with E-state index in [2.05, 4.69) is 20.0 Å². The Hall–Kier alpha value is -2.97. The minimum atomic E-state index is -0.735. The van der Waals surface area contributed by atoms with Gasteiger partial charge in [0, 0.05) is 19.0 Å². The molecule has 1 aliphatic heterocycles. The van der Waals surface area contributed by atoms with Crippen molar-refractivity contribution in [1.29, 1.82) is 0 Å². The molecule has 138 valence electrons. The van der Waals surface area contributed by atoms with Crippen LogP contribution in [0.25, 0.3) is 11.4 Å². The first kappa shape index (κ1) is 17.8. The van der Waals surface area contributed by atoms with Crippen LogP contribution in [0.3, 0.4) is 0 Å². The second kappa shape index (κ2) is 7.11. The van der Waals surface area contributed by atoms with Crippen LogP contribution in [-0.2, 0) is 22.5 Å². The number of nitrogens with zero attached hydrogens (tertiary/aromatic N) is 2. The van der Waals surface area contributed by atoms with Crippen LogP contribution in [-0.4, -0.2) is 46.6 Å².